The molecule has 9 heteroatoms. The van der Waals surface area contributed by atoms with Crippen LogP contribution in [0.5, 0.6) is 0 Å². The van der Waals surface area contributed by atoms with E-state index < -0.39 is 47.5 Å². The Morgan fingerprint density at radius 2 is 1.84 bits per heavy atom. The quantitative estimate of drug-likeness (QED) is 0.438. The predicted octanol–water partition coefficient (Wildman–Crippen LogP) is 2.53. The van der Waals surface area contributed by atoms with Crippen molar-refractivity contribution in [2.75, 3.05) is 36.0 Å². The van der Waals surface area contributed by atoms with Gasteiger partial charge in [-0.15, -0.1) is 6.58 Å². The summed E-state index contributed by atoms with van der Waals surface area (Å²) in [4.78, 5) is 45.8. The highest BCUT2D eigenvalue weighted by Gasteiger charge is 2.75. The number of likely N-dealkylation sites (tertiary alicyclic amines) is 1. The Hall–Kier alpha value is -2.91. The molecule has 0 radical (unpaired) electrons. The lowest BCUT2D eigenvalue weighted by atomic mass is 9.70. The third-order valence-electron chi connectivity index (χ3n) is 8.44. The molecule has 2 bridgehead atoms. The molecule has 3 aliphatic heterocycles. The van der Waals surface area contributed by atoms with Crippen molar-refractivity contribution in [2.24, 2.45) is 17.8 Å². The second-order valence-corrected chi connectivity index (χ2v) is 10.6. The fourth-order valence-electron chi connectivity index (χ4n) is 6.66. The Morgan fingerprint density at radius 3 is 2.35 bits per heavy atom. The number of aliphatic carboxylic acids is 1. The standard InChI is InChI=1S/C28H39N3O6/c1-6-15-30(19-11-9-18(10-12-19)29(7-2)8-3)26(34)24-28-14-13-21(37-28)22(27(35)36)23(28)25(33)31(24)20(16-32)17(4)5/h6,9-12,17,20-24,32H,1,7-8,13-16H2,2-5H3,(H,35,36)/t20-,21-,22+,23+,24-,28+/m0/s1. The van der Waals surface area contributed by atoms with Gasteiger partial charge >= 0.3 is 5.97 Å². The zero-order chi connectivity index (χ0) is 27.1. The molecule has 1 aromatic carbocycles. The van der Waals surface area contributed by atoms with E-state index in [4.69, 9.17) is 4.74 Å². The van der Waals surface area contributed by atoms with Gasteiger partial charge in [0.05, 0.1) is 30.6 Å². The van der Waals surface area contributed by atoms with Crippen molar-refractivity contribution in [3.8, 4) is 0 Å². The van der Waals surface area contributed by atoms with Gasteiger partial charge in [0.25, 0.3) is 5.91 Å². The molecule has 0 aliphatic carbocycles. The molecule has 202 valence electrons. The first-order chi connectivity index (χ1) is 17.7. The first-order valence-electron chi connectivity index (χ1n) is 13.3. The maximum Gasteiger partial charge on any atom is 0.310 e. The van der Waals surface area contributed by atoms with Gasteiger partial charge in [-0.05, 0) is 56.9 Å². The summed E-state index contributed by atoms with van der Waals surface area (Å²) in [6, 6.07) is 6.00. The maximum atomic E-state index is 14.4. The summed E-state index contributed by atoms with van der Waals surface area (Å²) >= 11 is 0. The van der Waals surface area contributed by atoms with E-state index in [-0.39, 0.29) is 25.0 Å². The number of anilines is 2. The monoisotopic (exact) mass is 513 g/mol. The van der Waals surface area contributed by atoms with Crippen LogP contribution >= 0.6 is 0 Å². The molecular formula is C28H39N3O6. The van der Waals surface area contributed by atoms with Crippen LogP contribution in [0.15, 0.2) is 36.9 Å². The van der Waals surface area contributed by atoms with Gasteiger partial charge in [-0.3, -0.25) is 14.4 Å². The third kappa shape index (κ3) is 4.22. The number of carbonyl (C=O) groups excluding carboxylic acids is 2. The van der Waals surface area contributed by atoms with Crippen LogP contribution in [0.25, 0.3) is 0 Å². The lowest BCUT2D eigenvalue weighted by molar-refractivity contribution is -0.151. The van der Waals surface area contributed by atoms with E-state index in [1.165, 1.54) is 4.90 Å². The molecule has 6 atom stereocenters. The van der Waals surface area contributed by atoms with Gasteiger partial charge in [-0.2, -0.15) is 0 Å². The van der Waals surface area contributed by atoms with Gasteiger partial charge in [0.15, 0.2) is 0 Å². The molecule has 9 nitrogen and oxygen atoms in total. The van der Waals surface area contributed by atoms with E-state index in [1.54, 1.807) is 11.0 Å². The van der Waals surface area contributed by atoms with Crippen molar-refractivity contribution < 1.29 is 29.3 Å². The first-order valence-corrected chi connectivity index (χ1v) is 13.3. The van der Waals surface area contributed by atoms with Crippen molar-refractivity contribution in [1.82, 2.24) is 4.90 Å². The molecule has 0 saturated carbocycles. The SMILES string of the molecule is C=CCN(C(=O)[C@@H]1N([C@@H](CO)C(C)C)C(=O)[C@H]2[C@H](C(=O)O)[C@@H]3CC[C@]12O3)c1ccc(N(CC)CC)cc1. The van der Waals surface area contributed by atoms with E-state index in [1.807, 2.05) is 38.1 Å². The Balaban J connectivity index is 1.78. The summed E-state index contributed by atoms with van der Waals surface area (Å²) in [5, 5.41) is 20.3. The van der Waals surface area contributed by atoms with Crippen LogP contribution < -0.4 is 9.80 Å². The highest BCUT2D eigenvalue weighted by atomic mass is 16.5. The van der Waals surface area contributed by atoms with Crippen LogP contribution in [-0.2, 0) is 19.1 Å². The van der Waals surface area contributed by atoms with Gasteiger partial charge in [0.2, 0.25) is 5.91 Å². The number of carboxylic acid groups (broad SMARTS) is 1. The van der Waals surface area contributed by atoms with Gasteiger partial charge in [0.1, 0.15) is 11.6 Å². The highest BCUT2D eigenvalue weighted by Crippen LogP contribution is 2.59. The van der Waals surface area contributed by atoms with Crippen LogP contribution in [-0.4, -0.2) is 82.9 Å². The van der Waals surface area contributed by atoms with Crippen LogP contribution in [0.1, 0.15) is 40.5 Å². The number of nitrogens with zero attached hydrogens (tertiary/aromatic N) is 3. The minimum absolute atomic E-state index is 0.152. The number of hydrogen-bond acceptors (Lipinski definition) is 6. The highest BCUT2D eigenvalue weighted by molar-refractivity contribution is 6.04. The lowest BCUT2D eigenvalue weighted by Crippen LogP contribution is -2.59. The van der Waals surface area contributed by atoms with Crippen LogP contribution in [0.2, 0.25) is 0 Å². The molecule has 2 amide bonds. The number of hydrogen-bond donors (Lipinski definition) is 2. The summed E-state index contributed by atoms with van der Waals surface area (Å²) in [6.45, 7) is 13.3. The average Bonchev–Trinajstić information content (AvgIpc) is 3.51. The lowest BCUT2D eigenvalue weighted by Gasteiger charge is -2.40. The smallest absolute Gasteiger partial charge is 0.310 e. The molecule has 2 N–H and O–H groups in total. The van der Waals surface area contributed by atoms with Gasteiger partial charge in [-0.1, -0.05) is 19.9 Å². The Kier molecular flexibility index (Phi) is 7.67. The van der Waals surface area contributed by atoms with Crippen molar-refractivity contribution >= 4 is 29.2 Å². The summed E-state index contributed by atoms with van der Waals surface area (Å²) in [5.41, 5.74) is 0.462. The van der Waals surface area contributed by atoms with E-state index in [0.29, 0.717) is 18.5 Å². The van der Waals surface area contributed by atoms with E-state index in [0.717, 1.165) is 18.8 Å². The van der Waals surface area contributed by atoms with Gasteiger partial charge < -0.3 is 29.6 Å². The number of carbonyl (C=O) groups is 3. The second-order valence-electron chi connectivity index (χ2n) is 10.6. The fraction of sp³-hybridized carbons (Fsp3) is 0.607. The van der Waals surface area contributed by atoms with Crippen molar-refractivity contribution in [3.63, 3.8) is 0 Å². The zero-order valence-electron chi connectivity index (χ0n) is 22.2. The maximum absolute atomic E-state index is 14.4. The third-order valence-corrected chi connectivity index (χ3v) is 8.44. The fourth-order valence-corrected chi connectivity index (χ4v) is 6.66. The zero-order valence-corrected chi connectivity index (χ0v) is 22.2. The number of benzene rings is 1. The topological polar surface area (TPSA) is 111 Å². The molecule has 1 spiro atoms. The summed E-state index contributed by atoms with van der Waals surface area (Å²) in [7, 11) is 0. The van der Waals surface area contributed by atoms with Crippen molar-refractivity contribution in [3.05, 3.63) is 36.9 Å². The number of carboxylic acids is 1. The molecule has 37 heavy (non-hydrogen) atoms. The number of aliphatic hydroxyl groups is 1. The molecule has 3 saturated heterocycles. The van der Waals surface area contributed by atoms with E-state index in [2.05, 4.69) is 25.3 Å². The minimum atomic E-state index is -1.23. The number of fused-ring (bicyclic) bond motifs is 1. The normalized spacial score (nSPS) is 28.9. The molecule has 4 rings (SSSR count). The van der Waals surface area contributed by atoms with Crippen molar-refractivity contribution in [1.29, 1.82) is 0 Å². The largest absolute Gasteiger partial charge is 0.481 e. The summed E-state index contributed by atoms with van der Waals surface area (Å²) in [6.07, 6.45) is 1.93. The Morgan fingerprint density at radius 1 is 1.22 bits per heavy atom. The Bertz CT molecular complexity index is 1040. The van der Waals surface area contributed by atoms with Crippen LogP contribution in [0.4, 0.5) is 11.4 Å². The Labute approximate surface area is 218 Å². The molecule has 0 aromatic heterocycles. The van der Waals surface area contributed by atoms with Gasteiger partial charge in [-0.25, -0.2) is 0 Å². The molecule has 0 unspecified atom stereocenters. The summed E-state index contributed by atoms with van der Waals surface area (Å²) in [5.74, 6) is -3.97. The number of amides is 2. The van der Waals surface area contributed by atoms with Gasteiger partial charge in [0, 0.05) is 31.0 Å². The van der Waals surface area contributed by atoms with E-state index in [9.17, 15) is 24.6 Å². The van der Waals surface area contributed by atoms with Crippen LogP contribution in [0, 0.1) is 17.8 Å². The number of rotatable bonds is 11. The molecule has 3 fully saturated rings. The molecular weight excluding hydrogens is 474 g/mol. The van der Waals surface area contributed by atoms with E-state index >= 15 is 0 Å². The molecule has 3 aliphatic rings. The van der Waals surface area contributed by atoms with Crippen LogP contribution in [0.3, 0.4) is 0 Å². The minimum Gasteiger partial charge on any atom is -0.481 e. The number of ether oxygens (including phenoxy) is 1. The second kappa shape index (κ2) is 10.5. The molecule has 1 aromatic rings. The average molecular weight is 514 g/mol. The van der Waals surface area contributed by atoms with Crippen molar-refractivity contribution in [2.45, 2.75) is 64.3 Å². The summed E-state index contributed by atoms with van der Waals surface area (Å²) < 4.78 is 6.31. The predicted molar refractivity (Wildman–Crippen MR) is 140 cm³/mol. The first kappa shape index (κ1) is 27.1. The molecule has 3 heterocycles. The number of aliphatic hydroxyl groups excluding tert-OH is 1.